The van der Waals surface area contributed by atoms with Gasteiger partial charge in [-0.05, 0) is 12.8 Å². The van der Waals surface area contributed by atoms with E-state index in [2.05, 4.69) is 36.0 Å². The van der Waals surface area contributed by atoms with Crippen molar-refractivity contribution in [2.75, 3.05) is 25.1 Å². The lowest BCUT2D eigenvalue weighted by Crippen LogP contribution is -2.46. The number of carbonyl (C=O) groups is 1. The molecule has 6 nitrogen and oxygen atoms in total. The normalized spacial score (nSPS) is 16.4. The fraction of sp³-hybridized carbons (Fsp3) is 0.737. The van der Waals surface area contributed by atoms with E-state index < -0.39 is 0 Å². The van der Waals surface area contributed by atoms with Crippen LogP contribution in [0.2, 0.25) is 0 Å². The van der Waals surface area contributed by atoms with Crippen molar-refractivity contribution >= 4 is 11.7 Å². The van der Waals surface area contributed by atoms with Crippen molar-refractivity contribution in [3.05, 3.63) is 17.6 Å². The molecule has 1 fully saturated rings. The second-order valence-electron chi connectivity index (χ2n) is 8.15. The van der Waals surface area contributed by atoms with Gasteiger partial charge in [-0.3, -0.25) is 4.79 Å². The molecule has 0 unspecified atom stereocenters. The van der Waals surface area contributed by atoms with E-state index >= 15 is 0 Å². The van der Waals surface area contributed by atoms with E-state index in [-0.39, 0.29) is 23.3 Å². The van der Waals surface area contributed by atoms with Crippen LogP contribution >= 0.6 is 0 Å². The number of rotatable bonds is 5. The highest BCUT2D eigenvalue weighted by atomic mass is 16.5. The third-order valence-corrected chi connectivity index (χ3v) is 4.42. The first-order chi connectivity index (χ1) is 11.7. The van der Waals surface area contributed by atoms with Gasteiger partial charge in [0.2, 0.25) is 5.91 Å². The summed E-state index contributed by atoms with van der Waals surface area (Å²) in [6.07, 6.45) is 1.87. The minimum atomic E-state index is -0.109. The van der Waals surface area contributed by atoms with E-state index in [0.29, 0.717) is 6.61 Å². The molecule has 0 atom stereocenters. The molecule has 0 spiro atoms. The number of hydrogen-bond acceptors (Lipinski definition) is 5. The van der Waals surface area contributed by atoms with Gasteiger partial charge in [0.25, 0.3) is 0 Å². The van der Waals surface area contributed by atoms with Crippen LogP contribution in [-0.4, -0.2) is 42.1 Å². The van der Waals surface area contributed by atoms with Gasteiger partial charge in [0.1, 0.15) is 11.6 Å². The molecule has 1 aromatic rings. The molecule has 2 heterocycles. The van der Waals surface area contributed by atoms with E-state index in [1.807, 2.05) is 19.9 Å². The minimum absolute atomic E-state index is 0.0332. The molecule has 1 N–H and O–H groups in total. The fourth-order valence-corrected chi connectivity index (χ4v) is 2.82. The zero-order valence-electron chi connectivity index (χ0n) is 16.4. The smallest absolute Gasteiger partial charge is 0.222 e. The molecule has 0 bridgehead atoms. The third kappa shape index (κ3) is 5.39. The van der Waals surface area contributed by atoms with Gasteiger partial charge >= 0.3 is 0 Å². The highest BCUT2D eigenvalue weighted by molar-refractivity contribution is 5.78. The van der Waals surface area contributed by atoms with Crippen molar-refractivity contribution in [3.63, 3.8) is 0 Å². The van der Waals surface area contributed by atoms with Crippen molar-refractivity contribution < 1.29 is 9.53 Å². The Morgan fingerprint density at radius 2 is 1.96 bits per heavy atom. The number of hydrogen-bond donors (Lipinski definition) is 1. The molecule has 6 heteroatoms. The van der Waals surface area contributed by atoms with Crippen molar-refractivity contribution in [2.24, 2.45) is 5.92 Å². The Balaban J connectivity index is 2.09. The molecule has 25 heavy (non-hydrogen) atoms. The van der Waals surface area contributed by atoms with Gasteiger partial charge in [0, 0.05) is 43.6 Å². The maximum absolute atomic E-state index is 11.9. The van der Waals surface area contributed by atoms with Crippen molar-refractivity contribution in [1.82, 2.24) is 15.3 Å². The average molecular weight is 348 g/mol. The lowest BCUT2D eigenvalue weighted by Gasteiger charge is -2.34. The van der Waals surface area contributed by atoms with Crippen LogP contribution in [0.4, 0.5) is 5.82 Å². The zero-order chi connectivity index (χ0) is 18.6. The summed E-state index contributed by atoms with van der Waals surface area (Å²) in [6, 6.07) is 2.28. The van der Waals surface area contributed by atoms with Gasteiger partial charge in [-0.1, -0.05) is 34.6 Å². The molecular formula is C19H32N4O2. The summed E-state index contributed by atoms with van der Waals surface area (Å²) >= 11 is 0. The van der Waals surface area contributed by atoms with Crippen molar-refractivity contribution in [1.29, 1.82) is 0 Å². The minimum Gasteiger partial charge on any atom is -0.378 e. The molecule has 2 rings (SSSR count). The number of anilines is 1. The number of ether oxygens (including phenoxy) is 1. The number of amides is 1. The van der Waals surface area contributed by atoms with E-state index in [1.54, 1.807) is 7.11 Å². The fourth-order valence-electron chi connectivity index (χ4n) is 2.82. The first-order valence-electron chi connectivity index (χ1n) is 9.13. The summed E-state index contributed by atoms with van der Waals surface area (Å²) in [5, 5.41) is 3.14. The van der Waals surface area contributed by atoms with E-state index in [0.717, 1.165) is 43.3 Å². The standard InChI is InChI=1S/C19H32N4O2/c1-13(2)17(24)20-14-7-9-23(10-8-14)16-11-15(12-25-6)21-18(22-16)19(3,4)5/h11,13-14H,7-10,12H2,1-6H3,(H,20,24). The third-order valence-electron chi connectivity index (χ3n) is 4.42. The molecule has 0 radical (unpaired) electrons. The number of carbonyl (C=O) groups excluding carboxylic acids is 1. The molecular weight excluding hydrogens is 316 g/mol. The number of methoxy groups -OCH3 is 1. The van der Waals surface area contributed by atoms with Crippen LogP contribution in [0, 0.1) is 5.92 Å². The van der Waals surface area contributed by atoms with E-state index in [1.165, 1.54) is 0 Å². The van der Waals surface area contributed by atoms with Crippen molar-refractivity contribution in [2.45, 2.75) is 65.5 Å². The molecule has 1 amide bonds. The van der Waals surface area contributed by atoms with Gasteiger partial charge < -0.3 is 15.0 Å². The zero-order valence-corrected chi connectivity index (χ0v) is 16.4. The average Bonchev–Trinajstić information content (AvgIpc) is 2.54. The molecule has 1 saturated heterocycles. The van der Waals surface area contributed by atoms with Crippen LogP contribution in [-0.2, 0) is 21.6 Å². The predicted molar refractivity (Wildman–Crippen MR) is 99.7 cm³/mol. The van der Waals surface area contributed by atoms with Gasteiger partial charge in [-0.2, -0.15) is 0 Å². The Morgan fingerprint density at radius 1 is 1.32 bits per heavy atom. The van der Waals surface area contributed by atoms with Crippen LogP contribution in [0.15, 0.2) is 6.07 Å². The maximum atomic E-state index is 11.9. The van der Waals surface area contributed by atoms with Gasteiger partial charge in [0.15, 0.2) is 0 Å². The summed E-state index contributed by atoms with van der Waals surface area (Å²) in [5.74, 6) is 1.97. The number of nitrogens with one attached hydrogen (secondary N) is 1. The largest absolute Gasteiger partial charge is 0.378 e. The number of aromatic nitrogens is 2. The molecule has 0 aromatic carbocycles. The van der Waals surface area contributed by atoms with E-state index in [9.17, 15) is 4.79 Å². The molecule has 0 aliphatic carbocycles. The van der Waals surface area contributed by atoms with Crippen LogP contribution in [0.1, 0.15) is 59.0 Å². The quantitative estimate of drug-likeness (QED) is 0.886. The Labute approximate surface area is 151 Å². The van der Waals surface area contributed by atoms with E-state index in [4.69, 9.17) is 9.72 Å². The highest BCUT2D eigenvalue weighted by Gasteiger charge is 2.25. The first-order valence-corrected chi connectivity index (χ1v) is 9.13. The monoisotopic (exact) mass is 348 g/mol. The lowest BCUT2D eigenvalue weighted by molar-refractivity contribution is -0.124. The van der Waals surface area contributed by atoms with Crippen LogP contribution in [0.5, 0.6) is 0 Å². The molecule has 1 aliphatic rings. The van der Waals surface area contributed by atoms with Crippen molar-refractivity contribution in [3.8, 4) is 0 Å². The summed E-state index contributed by atoms with van der Waals surface area (Å²) in [7, 11) is 1.68. The summed E-state index contributed by atoms with van der Waals surface area (Å²) in [6.45, 7) is 12.5. The molecule has 0 saturated carbocycles. The topological polar surface area (TPSA) is 67.3 Å². The second kappa shape index (κ2) is 8.13. The molecule has 140 valence electrons. The summed E-state index contributed by atoms with van der Waals surface area (Å²) in [4.78, 5) is 23.6. The van der Waals surface area contributed by atoms with Gasteiger partial charge in [-0.15, -0.1) is 0 Å². The highest BCUT2D eigenvalue weighted by Crippen LogP contribution is 2.24. The maximum Gasteiger partial charge on any atom is 0.222 e. The summed E-state index contributed by atoms with van der Waals surface area (Å²) < 4.78 is 5.26. The number of piperidine rings is 1. The molecule has 1 aromatic heterocycles. The Hall–Kier alpha value is -1.69. The summed E-state index contributed by atoms with van der Waals surface area (Å²) in [5.41, 5.74) is 0.801. The Morgan fingerprint density at radius 3 is 2.48 bits per heavy atom. The van der Waals surface area contributed by atoms with Crippen LogP contribution in [0.25, 0.3) is 0 Å². The van der Waals surface area contributed by atoms with Crippen LogP contribution < -0.4 is 10.2 Å². The second-order valence-corrected chi connectivity index (χ2v) is 8.15. The van der Waals surface area contributed by atoms with Crippen LogP contribution in [0.3, 0.4) is 0 Å². The Bertz CT molecular complexity index is 588. The Kier molecular flexibility index (Phi) is 6.38. The number of nitrogens with zero attached hydrogens (tertiary/aromatic N) is 3. The first kappa shape index (κ1) is 19.6. The SMILES string of the molecule is COCc1cc(N2CCC(NC(=O)C(C)C)CC2)nc(C(C)(C)C)n1. The lowest BCUT2D eigenvalue weighted by atomic mass is 9.95. The predicted octanol–water partition coefficient (Wildman–Crippen LogP) is 2.66. The van der Waals surface area contributed by atoms with Gasteiger partial charge in [-0.25, -0.2) is 9.97 Å². The van der Waals surface area contributed by atoms with Gasteiger partial charge in [0.05, 0.1) is 12.3 Å². The molecule has 1 aliphatic heterocycles.